The van der Waals surface area contributed by atoms with E-state index >= 15 is 0 Å². The van der Waals surface area contributed by atoms with Gasteiger partial charge in [0.2, 0.25) is 0 Å². The summed E-state index contributed by atoms with van der Waals surface area (Å²) in [6.07, 6.45) is 20.6. The van der Waals surface area contributed by atoms with E-state index in [-0.39, 0.29) is 0 Å². The van der Waals surface area contributed by atoms with Crippen molar-refractivity contribution in [3.8, 4) is 0 Å². The SMILES string of the molecule is C1=CCC2(CC=CCC1)CCCC2. The average Bonchev–Trinajstić information content (AvgIpc) is 2.62. The monoisotopic (exact) mass is 176 g/mol. The summed E-state index contributed by atoms with van der Waals surface area (Å²) >= 11 is 0. The summed E-state index contributed by atoms with van der Waals surface area (Å²) in [4.78, 5) is 0. The van der Waals surface area contributed by atoms with Crippen LogP contribution >= 0.6 is 0 Å². The molecule has 0 unspecified atom stereocenters. The molecule has 2 aliphatic rings. The molecule has 72 valence electrons. The molecular formula is C13H20. The Labute approximate surface area is 81.7 Å². The normalized spacial score (nSPS) is 27.1. The lowest BCUT2D eigenvalue weighted by Gasteiger charge is -2.25. The topological polar surface area (TPSA) is 0 Å². The largest absolute Gasteiger partial charge is 0.0882 e. The number of rotatable bonds is 0. The van der Waals surface area contributed by atoms with Crippen molar-refractivity contribution in [2.75, 3.05) is 0 Å². The second-order valence-corrected chi connectivity index (χ2v) is 4.64. The van der Waals surface area contributed by atoms with E-state index in [1.807, 2.05) is 0 Å². The third kappa shape index (κ3) is 2.24. The molecule has 0 amide bonds. The quantitative estimate of drug-likeness (QED) is 0.484. The molecule has 0 saturated heterocycles. The molecule has 0 aliphatic heterocycles. The van der Waals surface area contributed by atoms with Crippen LogP contribution in [-0.4, -0.2) is 0 Å². The van der Waals surface area contributed by atoms with Crippen LogP contribution in [0.25, 0.3) is 0 Å². The summed E-state index contributed by atoms with van der Waals surface area (Å²) in [7, 11) is 0. The molecule has 0 nitrogen and oxygen atoms in total. The molecule has 0 aromatic rings. The van der Waals surface area contributed by atoms with Gasteiger partial charge in [0, 0.05) is 0 Å². The molecule has 2 rings (SSSR count). The van der Waals surface area contributed by atoms with Crippen molar-refractivity contribution in [3.05, 3.63) is 24.3 Å². The molecule has 13 heavy (non-hydrogen) atoms. The molecule has 0 aromatic heterocycles. The molecule has 0 atom stereocenters. The summed E-state index contributed by atoms with van der Waals surface area (Å²) < 4.78 is 0. The first-order chi connectivity index (χ1) is 6.41. The Hall–Kier alpha value is -0.520. The van der Waals surface area contributed by atoms with Gasteiger partial charge in [0.05, 0.1) is 0 Å². The third-order valence-electron chi connectivity index (χ3n) is 3.60. The lowest BCUT2D eigenvalue weighted by Crippen LogP contribution is -2.13. The molecule has 0 aromatic carbocycles. The van der Waals surface area contributed by atoms with Crippen molar-refractivity contribution in [2.45, 2.75) is 51.4 Å². The highest BCUT2D eigenvalue weighted by Crippen LogP contribution is 2.44. The summed E-state index contributed by atoms with van der Waals surface area (Å²) in [5, 5.41) is 0. The van der Waals surface area contributed by atoms with Gasteiger partial charge in [0.25, 0.3) is 0 Å². The lowest BCUT2D eigenvalue weighted by atomic mass is 9.79. The maximum Gasteiger partial charge on any atom is -0.0228 e. The zero-order valence-electron chi connectivity index (χ0n) is 8.47. The van der Waals surface area contributed by atoms with E-state index in [1.165, 1.54) is 51.4 Å². The van der Waals surface area contributed by atoms with Gasteiger partial charge in [0.15, 0.2) is 0 Å². The van der Waals surface area contributed by atoms with Crippen LogP contribution in [0.3, 0.4) is 0 Å². The van der Waals surface area contributed by atoms with Crippen molar-refractivity contribution in [2.24, 2.45) is 5.41 Å². The van der Waals surface area contributed by atoms with E-state index in [1.54, 1.807) is 0 Å². The van der Waals surface area contributed by atoms with E-state index in [4.69, 9.17) is 0 Å². The Balaban J connectivity index is 2.06. The van der Waals surface area contributed by atoms with Crippen LogP contribution in [0.2, 0.25) is 0 Å². The first-order valence-corrected chi connectivity index (χ1v) is 5.71. The fourth-order valence-electron chi connectivity index (χ4n) is 2.71. The minimum atomic E-state index is 0.664. The van der Waals surface area contributed by atoms with Crippen LogP contribution in [0.5, 0.6) is 0 Å². The molecule has 1 fully saturated rings. The highest BCUT2D eigenvalue weighted by molar-refractivity contribution is 5.01. The standard InChI is InChI=1S/C13H20/c1-2-4-6-10-13(9-5-3-1)11-7-8-12-13/h3-6H,1-2,7-12H2. The van der Waals surface area contributed by atoms with Gasteiger partial charge in [-0.25, -0.2) is 0 Å². The van der Waals surface area contributed by atoms with Gasteiger partial charge in [-0.1, -0.05) is 37.1 Å². The van der Waals surface area contributed by atoms with Crippen LogP contribution in [0.1, 0.15) is 51.4 Å². The zero-order valence-corrected chi connectivity index (χ0v) is 8.47. The van der Waals surface area contributed by atoms with Crippen LogP contribution in [0.15, 0.2) is 24.3 Å². The molecule has 0 heteroatoms. The fourth-order valence-corrected chi connectivity index (χ4v) is 2.71. The Morgan fingerprint density at radius 1 is 0.692 bits per heavy atom. The van der Waals surface area contributed by atoms with E-state index in [0.29, 0.717) is 5.41 Å². The van der Waals surface area contributed by atoms with E-state index < -0.39 is 0 Å². The minimum absolute atomic E-state index is 0.664. The van der Waals surface area contributed by atoms with Gasteiger partial charge in [-0.05, 0) is 43.9 Å². The average molecular weight is 176 g/mol. The van der Waals surface area contributed by atoms with Gasteiger partial charge >= 0.3 is 0 Å². The Kier molecular flexibility index (Phi) is 2.87. The molecular weight excluding hydrogens is 156 g/mol. The summed E-state index contributed by atoms with van der Waals surface area (Å²) in [6.45, 7) is 0. The fraction of sp³-hybridized carbons (Fsp3) is 0.692. The maximum atomic E-state index is 2.43. The number of hydrogen-bond acceptors (Lipinski definition) is 0. The summed E-state index contributed by atoms with van der Waals surface area (Å²) in [5.41, 5.74) is 0.664. The van der Waals surface area contributed by atoms with Gasteiger partial charge in [-0.15, -0.1) is 0 Å². The molecule has 0 N–H and O–H groups in total. The Morgan fingerprint density at radius 2 is 1.23 bits per heavy atom. The highest BCUT2D eigenvalue weighted by Gasteiger charge is 2.31. The molecule has 1 saturated carbocycles. The van der Waals surface area contributed by atoms with Crippen molar-refractivity contribution in [1.29, 1.82) is 0 Å². The molecule has 0 radical (unpaired) electrons. The zero-order chi connectivity index (χ0) is 8.99. The molecule has 0 bridgehead atoms. The van der Waals surface area contributed by atoms with Crippen LogP contribution in [0.4, 0.5) is 0 Å². The van der Waals surface area contributed by atoms with Crippen molar-refractivity contribution >= 4 is 0 Å². The van der Waals surface area contributed by atoms with E-state index in [0.717, 1.165) is 0 Å². The first-order valence-electron chi connectivity index (χ1n) is 5.71. The van der Waals surface area contributed by atoms with Gasteiger partial charge in [-0.2, -0.15) is 0 Å². The van der Waals surface area contributed by atoms with E-state index in [2.05, 4.69) is 24.3 Å². The van der Waals surface area contributed by atoms with Crippen molar-refractivity contribution in [1.82, 2.24) is 0 Å². The van der Waals surface area contributed by atoms with Crippen LogP contribution < -0.4 is 0 Å². The summed E-state index contributed by atoms with van der Waals surface area (Å²) in [5.74, 6) is 0. The first kappa shape index (κ1) is 9.05. The van der Waals surface area contributed by atoms with Crippen LogP contribution in [0, 0.1) is 5.41 Å². The Morgan fingerprint density at radius 3 is 1.77 bits per heavy atom. The van der Waals surface area contributed by atoms with Gasteiger partial charge in [-0.3, -0.25) is 0 Å². The summed E-state index contributed by atoms with van der Waals surface area (Å²) in [6, 6.07) is 0. The minimum Gasteiger partial charge on any atom is -0.0882 e. The smallest absolute Gasteiger partial charge is 0.0228 e. The van der Waals surface area contributed by atoms with Crippen LogP contribution in [-0.2, 0) is 0 Å². The second kappa shape index (κ2) is 4.13. The van der Waals surface area contributed by atoms with Gasteiger partial charge < -0.3 is 0 Å². The predicted molar refractivity (Wildman–Crippen MR) is 57.6 cm³/mol. The lowest BCUT2D eigenvalue weighted by molar-refractivity contribution is 0.305. The predicted octanol–water partition coefficient (Wildman–Crippen LogP) is 4.23. The molecule has 1 spiro atoms. The third-order valence-corrected chi connectivity index (χ3v) is 3.60. The van der Waals surface area contributed by atoms with Gasteiger partial charge in [0.1, 0.15) is 0 Å². The molecule has 0 heterocycles. The number of allylic oxidation sites excluding steroid dienone is 4. The number of hydrogen-bond donors (Lipinski definition) is 0. The Bertz CT molecular complexity index is 186. The van der Waals surface area contributed by atoms with E-state index in [9.17, 15) is 0 Å². The molecule has 2 aliphatic carbocycles. The second-order valence-electron chi connectivity index (χ2n) is 4.64. The highest BCUT2D eigenvalue weighted by atomic mass is 14.4. The maximum absolute atomic E-state index is 2.43. The van der Waals surface area contributed by atoms with Crippen molar-refractivity contribution < 1.29 is 0 Å². The van der Waals surface area contributed by atoms with Crippen molar-refractivity contribution in [3.63, 3.8) is 0 Å².